The first-order valence-electron chi connectivity index (χ1n) is 5.91. The van der Waals surface area contributed by atoms with Crippen molar-refractivity contribution in [1.82, 2.24) is 10.2 Å². The lowest BCUT2D eigenvalue weighted by Gasteiger charge is -2.58. The Bertz CT molecular complexity index is 360. The van der Waals surface area contributed by atoms with E-state index in [9.17, 15) is 0 Å². The minimum atomic E-state index is 0.584. The molecule has 0 aromatic rings. The highest BCUT2D eigenvalue weighted by molar-refractivity contribution is 5.29. The van der Waals surface area contributed by atoms with Gasteiger partial charge >= 0.3 is 0 Å². The van der Waals surface area contributed by atoms with E-state index in [2.05, 4.69) is 16.3 Å². The summed E-state index contributed by atoms with van der Waals surface area (Å²) in [4.78, 5) is 2.46. The van der Waals surface area contributed by atoms with E-state index < -0.39 is 0 Å². The maximum Gasteiger partial charge on any atom is 0.139 e. The Morgan fingerprint density at radius 1 is 1.38 bits per heavy atom. The zero-order valence-corrected chi connectivity index (χ0v) is 9.75. The number of ether oxygens (including phenoxy) is 1. The number of rotatable bonds is 2. The highest BCUT2D eigenvalue weighted by atomic mass is 16.5. The summed E-state index contributed by atoms with van der Waals surface area (Å²) in [6.45, 7) is 4.77. The summed E-state index contributed by atoms with van der Waals surface area (Å²) in [6.07, 6.45) is 4.09. The van der Waals surface area contributed by atoms with E-state index in [1.54, 1.807) is 7.11 Å². The molecule has 4 heteroatoms. The van der Waals surface area contributed by atoms with Crippen LogP contribution >= 0.6 is 0 Å². The summed E-state index contributed by atoms with van der Waals surface area (Å²) in [5.41, 5.74) is 8.74. The van der Waals surface area contributed by atoms with Crippen molar-refractivity contribution < 1.29 is 4.74 Å². The fourth-order valence-electron chi connectivity index (χ4n) is 2.81. The van der Waals surface area contributed by atoms with Crippen molar-refractivity contribution in [3.63, 3.8) is 0 Å². The van der Waals surface area contributed by atoms with E-state index in [-0.39, 0.29) is 0 Å². The van der Waals surface area contributed by atoms with Crippen molar-refractivity contribution in [2.24, 2.45) is 11.1 Å². The van der Waals surface area contributed by atoms with Gasteiger partial charge in [0.15, 0.2) is 0 Å². The van der Waals surface area contributed by atoms with E-state index in [0.717, 1.165) is 24.3 Å². The molecule has 2 aliphatic heterocycles. The maximum atomic E-state index is 5.88. The zero-order valence-electron chi connectivity index (χ0n) is 9.75. The van der Waals surface area contributed by atoms with Gasteiger partial charge in [-0.2, -0.15) is 0 Å². The fraction of sp³-hybridized carbons (Fsp3) is 0.667. The van der Waals surface area contributed by atoms with E-state index in [0.29, 0.717) is 5.41 Å². The van der Waals surface area contributed by atoms with Crippen LogP contribution in [0.2, 0.25) is 0 Å². The lowest BCUT2D eigenvalue weighted by atomic mass is 9.74. The number of nitrogens with two attached hydrogens (primary N) is 1. The predicted octanol–water partition coefficient (Wildman–Crippen LogP) is 0.386. The number of likely N-dealkylation sites (tertiary alicyclic amines) is 1. The van der Waals surface area contributed by atoms with Crippen LogP contribution in [0.3, 0.4) is 0 Å². The molecule has 0 radical (unpaired) electrons. The summed E-state index contributed by atoms with van der Waals surface area (Å²) in [7, 11) is 1.69. The third-order valence-electron chi connectivity index (χ3n) is 3.94. The van der Waals surface area contributed by atoms with Crippen LogP contribution in [0.4, 0.5) is 0 Å². The topological polar surface area (TPSA) is 50.5 Å². The number of hydrogen-bond acceptors (Lipinski definition) is 4. The lowest BCUT2D eigenvalue weighted by Crippen LogP contribution is -2.70. The van der Waals surface area contributed by atoms with Crippen LogP contribution in [-0.2, 0) is 4.74 Å². The maximum absolute atomic E-state index is 5.88. The van der Waals surface area contributed by atoms with Crippen molar-refractivity contribution >= 4 is 0 Å². The molecule has 16 heavy (non-hydrogen) atoms. The van der Waals surface area contributed by atoms with E-state index in [4.69, 9.17) is 10.5 Å². The van der Waals surface area contributed by atoms with Gasteiger partial charge < -0.3 is 20.7 Å². The van der Waals surface area contributed by atoms with Gasteiger partial charge in [-0.3, -0.25) is 0 Å². The third kappa shape index (κ3) is 1.40. The molecule has 0 aromatic heterocycles. The standard InChI is InChI=1S/C12H19N3O/c1-16-11-4-9(2-3-10(11)13)15-7-12(8-15)5-14-6-12/h4,14H,2-3,5-8,13H2,1H3. The second-order valence-electron chi connectivity index (χ2n) is 5.19. The average molecular weight is 221 g/mol. The van der Waals surface area contributed by atoms with Crippen LogP contribution < -0.4 is 11.1 Å². The largest absolute Gasteiger partial charge is 0.495 e. The molecule has 3 rings (SSSR count). The monoisotopic (exact) mass is 221 g/mol. The SMILES string of the molecule is COC1=C(N)CCC(N2CC3(CNC3)C2)=C1. The summed E-state index contributed by atoms with van der Waals surface area (Å²) in [5.74, 6) is 0.855. The summed E-state index contributed by atoms with van der Waals surface area (Å²) >= 11 is 0. The van der Waals surface area contributed by atoms with Gasteiger partial charge in [-0.05, 0) is 12.8 Å². The van der Waals surface area contributed by atoms with Gasteiger partial charge in [0.2, 0.25) is 0 Å². The summed E-state index contributed by atoms with van der Waals surface area (Å²) in [6, 6.07) is 0. The van der Waals surface area contributed by atoms with Crippen molar-refractivity contribution in [2.45, 2.75) is 12.8 Å². The molecule has 0 aromatic carbocycles. The normalized spacial score (nSPS) is 27.3. The molecular weight excluding hydrogens is 202 g/mol. The number of nitrogens with zero attached hydrogens (tertiary/aromatic N) is 1. The van der Waals surface area contributed by atoms with Gasteiger partial charge in [0, 0.05) is 43.4 Å². The lowest BCUT2D eigenvalue weighted by molar-refractivity contribution is -0.0190. The van der Waals surface area contributed by atoms with Crippen LogP contribution in [0.5, 0.6) is 0 Å². The van der Waals surface area contributed by atoms with Gasteiger partial charge in [-0.15, -0.1) is 0 Å². The second-order valence-corrected chi connectivity index (χ2v) is 5.19. The Balaban J connectivity index is 1.68. The summed E-state index contributed by atoms with van der Waals surface area (Å²) < 4.78 is 5.28. The highest BCUT2D eigenvalue weighted by Gasteiger charge is 2.48. The van der Waals surface area contributed by atoms with E-state index in [1.807, 2.05) is 0 Å². The smallest absolute Gasteiger partial charge is 0.139 e. The Morgan fingerprint density at radius 3 is 2.69 bits per heavy atom. The molecule has 0 atom stereocenters. The van der Waals surface area contributed by atoms with Crippen LogP contribution in [-0.4, -0.2) is 38.2 Å². The first-order valence-corrected chi connectivity index (χ1v) is 5.91. The van der Waals surface area contributed by atoms with Gasteiger partial charge in [0.25, 0.3) is 0 Å². The molecule has 1 spiro atoms. The second kappa shape index (κ2) is 3.42. The van der Waals surface area contributed by atoms with Crippen molar-refractivity contribution in [2.75, 3.05) is 33.3 Å². The molecule has 3 aliphatic rings. The van der Waals surface area contributed by atoms with Crippen molar-refractivity contribution in [3.8, 4) is 0 Å². The highest BCUT2D eigenvalue weighted by Crippen LogP contribution is 2.38. The van der Waals surface area contributed by atoms with E-state index >= 15 is 0 Å². The molecule has 4 nitrogen and oxygen atoms in total. The third-order valence-corrected chi connectivity index (χ3v) is 3.94. The average Bonchev–Trinajstić information content (AvgIpc) is 2.16. The molecule has 0 unspecified atom stereocenters. The molecular formula is C12H19N3O. The van der Waals surface area contributed by atoms with Crippen molar-refractivity contribution in [3.05, 3.63) is 23.2 Å². The molecule has 1 aliphatic carbocycles. The fourth-order valence-corrected chi connectivity index (χ4v) is 2.81. The first-order chi connectivity index (χ1) is 7.72. The van der Waals surface area contributed by atoms with Crippen LogP contribution in [0.25, 0.3) is 0 Å². The molecule has 3 N–H and O–H groups in total. The van der Waals surface area contributed by atoms with Crippen LogP contribution in [0.1, 0.15) is 12.8 Å². The number of nitrogens with one attached hydrogen (secondary N) is 1. The van der Waals surface area contributed by atoms with Crippen molar-refractivity contribution in [1.29, 1.82) is 0 Å². The molecule has 0 bridgehead atoms. The number of hydrogen-bond donors (Lipinski definition) is 2. The van der Waals surface area contributed by atoms with Gasteiger partial charge in [-0.1, -0.05) is 0 Å². The number of methoxy groups -OCH3 is 1. The molecule has 0 amide bonds. The molecule has 88 valence electrons. The van der Waals surface area contributed by atoms with Gasteiger partial charge in [0.1, 0.15) is 5.76 Å². The van der Waals surface area contributed by atoms with Gasteiger partial charge in [0.05, 0.1) is 12.8 Å². The first kappa shape index (κ1) is 10.0. The summed E-state index contributed by atoms with van der Waals surface area (Å²) in [5, 5.41) is 3.35. The van der Waals surface area contributed by atoms with Crippen LogP contribution in [0, 0.1) is 5.41 Å². The quantitative estimate of drug-likeness (QED) is 0.708. The minimum absolute atomic E-state index is 0.584. The molecule has 2 saturated heterocycles. The Kier molecular flexibility index (Phi) is 2.14. The van der Waals surface area contributed by atoms with Gasteiger partial charge in [-0.25, -0.2) is 0 Å². The molecule has 2 heterocycles. The Hall–Kier alpha value is -1.16. The minimum Gasteiger partial charge on any atom is -0.495 e. The Labute approximate surface area is 96.1 Å². The van der Waals surface area contributed by atoms with Crippen LogP contribution in [0.15, 0.2) is 23.2 Å². The number of allylic oxidation sites excluding steroid dienone is 3. The molecule has 2 fully saturated rings. The van der Waals surface area contributed by atoms with E-state index in [1.165, 1.54) is 31.9 Å². The molecule has 0 saturated carbocycles. The predicted molar refractivity (Wildman–Crippen MR) is 62.4 cm³/mol. The Morgan fingerprint density at radius 2 is 2.12 bits per heavy atom. The zero-order chi connectivity index (χ0) is 11.2.